The quantitative estimate of drug-likeness (QED) is 0.444. The highest BCUT2D eigenvalue weighted by atomic mass is 35.5. The monoisotopic (exact) mass is 409 g/mol. The van der Waals surface area contributed by atoms with Crippen LogP contribution >= 0.6 is 11.6 Å². The Bertz CT molecular complexity index is 1110. The van der Waals surface area contributed by atoms with Crippen molar-refractivity contribution in [3.05, 3.63) is 82.7 Å². The van der Waals surface area contributed by atoms with Gasteiger partial charge in [0, 0.05) is 28.7 Å². The molecule has 0 aliphatic rings. The van der Waals surface area contributed by atoms with Crippen LogP contribution in [0.2, 0.25) is 5.02 Å². The van der Waals surface area contributed by atoms with Crippen molar-refractivity contribution in [3.8, 4) is 0 Å². The van der Waals surface area contributed by atoms with Gasteiger partial charge in [0.25, 0.3) is 0 Å². The lowest BCUT2D eigenvalue weighted by Crippen LogP contribution is -1.99. The summed E-state index contributed by atoms with van der Waals surface area (Å²) in [6, 6.07) is 7.58. The van der Waals surface area contributed by atoms with Crippen molar-refractivity contribution in [2.24, 2.45) is 4.99 Å². The molecule has 8 heteroatoms. The molecule has 0 unspecified atom stereocenters. The number of aliphatic imine (C=N–C) groups is 1. The highest BCUT2D eigenvalue weighted by Crippen LogP contribution is 2.22. The summed E-state index contributed by atoms with van der Waals surface area (Å²) in [7, 11) is 0. The predicted molar refractivity (Wildman–Crippen MR) is 114 cm³/mol. The summed E-state index contributed by atoms with van der Waals surface area (Å²) in [5.41, 5.74) is 3.50. The molecule has 1 aromatic carbocycles. The number of allylic oxidation sites excluding steroid dienone is 2. The van der Waals surface area contributed by atoms with Gasteiger partial charge in [-0.2, -0.15) is 5.10 Å². The van der Waals surface area contributed by atoms with Gasteiger partial charge in [0.15, 0.2) is 11.5 Å². The topological polar surface area (TPSA) is 96.2 Å². The van der Waals surface area contributed by atoms with E-state index in [1.807, 2.05) is 30.5 Å². The molecule has 0 aliphatic heterocycles. The first-order valence-electron chi connectivity index (χ1n) is 8.84. The van der Waals surface area contributed by atoms with Gasteiger partial charge in [-0.1, -0.05) is 30.3 Å². The second kappa shape index (κ2) is 8.70. The molecule has 0 radical (unpaired) electrons. The average Bonchev–Trinajstić information content (AvgIpc) is 3.30. The zero-order valence-electron chi connectivity index (χ0n) is 16.1. The highest BCUT2D eigenvalue weighted by molar-refractivity contribution is 6.30. The maximum Gasteiger partial charge on any atom is 0.356 e. The Kier molecular flexibility index (Phi) is 6.09. The molecule has 2 aromatic heterocycles. The van der Waals surface area contributed by atoms with E-state index >= 15 is 0 Å². The second-order valence-corrected chi connectivity index (χ2v) is 6.80. The summed E-state index contributed by atoms with van der Waals surface area (Å²) in [5, 5.41) is 14.3. The molecular weight excluding hydrogens is 390 g/mol. The van der Waals surface area contributed by atoms with E-state index in [-0.39, 0.29) is 5.69 Å². The summed E-state index contributed by atoms with van der Waals surface area (Å²) in [6.45, 7) is 8.12. The van der Waals surface area contributed by atoms with Gasteiger partial charge in [0.2, 0.25) is 0 Å². The summed E-state index contributed by atoms with van der Waals surface area (Å²) >= 11 is 5.92. The standard InChI is InChI=1S/C21H20ClN5O2/c1-4-23-18(20-25-14(3)19(26-20)21(28)29)9-13(2)16-10-24-27(12-16)11-15-5-7-17(22)8-6-15/h4-10,12H,2,11H2,1,3H3,(H,25,26)(H,28,29)/b18-9-,23-4-. The molecule has 0 bridgehead atoms. The Hall–Kier alpha value is -3.45. The fourth-order valence-electron chi connectivity index (χ4n) is 2.74. The molecule has 3 rings (SSSR count). The van der Waals surface area contributed by atoms with E-state index in [1.54, 1.807) is 37.0 Å². The third kappa shape index (κ3) is 4.89. The molecule has 0 atom stereocenters. The SMILES string of the molecule is C=C(/C=C(\N=C/C)c1nc(C(=O)O)c(C)[nH]1)c1cnn(Cc2ccc(Cl)cc2)c1. The maximum absolute atomic E-state index is 11.3. The van der Waals surface area contributed by atoms with Crippen molar-refractivity contribution in [1.82, 2.24) is 19.7 Å². The van der Waals surface area contributed by atoms with E-state index in [1.165, 1.54) is 0 Å². The van der Waals surface area contributed by atoms with E-state index < -0.39 is 5.97 Å². The van der Waals surface area contributed by atoms with E-state index in [0.717, 1.165) is 11.1 Å². The number of hydrogen-bond donors (Lipinski definition) is 2. The number of nitrogens with one attached hydrogen (secondary N) is 1. The normalized spacial score (nSPS) is 11.9. The number of carbonyl (C=O) groups is 1. The minimum Gasteiger partial charge on any atom is -0.476 e. The number of aromatic amines is 1. The molecule has 2 heterocycles. The Morgan fingerprint density at radius 2 is 2.10 bits per heavy atom. The molecule has 0 spiro atoms. The number of halogens is 1. The van der Waals surface area contributed by atoms with Crippen molar-refractivity contribution < 1.29 is 9.90 Å². The zero-order valence-corrected chi connectivity index (χ0v) is 16.8. The summed E-state index contributed by atoms with van der Waals surface area (Å²) in [4.78, 5) is 22.7. The van der Waals surface area contributed by atoms with Crippen LogP contribution in [0, 0.1) is 6.92 Å². The van der Waals surface area contributed by atoms with Crippen LogP contribution in [0.5, 0.6) is 0 Å². The number of aromatic nitrogens is 4. The number of aryl methyl sites for hydroxylation is 1. The molecule has 0 fully saturated rings. The lowest BCUT2D eigenvalue weighted by atomic mass is 10.1. The molecule has 0 saturated heterocycles. The van der Waals surface area contributed by atoms with Gasteiger partial charge in [-0.05, 0) is 43.2 Å². The van der Waals surface area contributed by atoms with E-state index in [4.69, 9.17) is 11.6 Å². The van der Waals surface area contributed by atoms with Crippen LogP contribution in [0.4, 0.5) is 0 Å². The zero-order chi connectivity index (χ0) is 21.0. The number of H-pyrrole nitrogens is 1. The fourth-order valence-corrected chi connectivity index (χ4v) is 2.86. The van der Waals surface area contributed by atoms with Gasteiger partial charge in [-0.25, -0.2) is 9.78 Å². The summed E-state index contributed by atoms with van der Waals surface area (Å²) < 4.78 is 1.81. The predicted octanol–water partition coefficient (Wildman–Crippen LogP) is 4.46. The van der Waals surface area contributed by atoms with Gasteiger partial charge >= 0.3 is 5.97 Å². The summed E-state index contributed by atoms with van der Waals surface area (Å²) in [6.07, 6.45) is 6.96. The molecule has 148 valence electrons. The van der Waals surface area contributed by atoms with Crippen LogP contribution in [0.15, 0.2) is 54.3 Å². The molecular formula is C21H20ClN5O2. The van der Waals surface area contributed by atoms with Crippen molar-refractivity contribution in [2.75, 3.05) is 0 Å². The lowest BCUT2D eigenvalue weighted by molar-refractivity contribution is 0.0690. The molecule has 29 heavy (non-hydrogen) atoms. The largest absolute Gasteiger partial charge is 0.476 e. The number of imidazole rings is 1. The molecule has 0 amide bonds. The second-order valence-electron chi connectivity index (χ2n) is 6.36. The lowest BCUT2D eigenvalue weighted by Gasteiger charge is -2.02. The third-order valence-corrected chi connectivity index (χ3v) is 4.42. The van der Waals surface area contributed by atoms with Crippen LogP contribution in [0.3, 0.4) is 0 Å². The van der Waals surface area contributed by atoms with Gasteiger partial charge in [-0.15, -0.1) is 0 Å². The molecule has 0 saturated carbocycles. The fraction of sp³-hybridized carbons (Fsp3) is 0.143. The molecule has 0 aliphatic carbocycles. The van der Waals surface area contributed by atoms with Crippen LogP contribution in [0.1, 0.15) is 40.1 Å². The number of nitrogens with zero attached hydrogens (tertiary/aromatic N) is 4. The van der Waals surface area contributed by atoms with Crippen molar-refractivity contribution in [2.45, 2.75) is 20.4 Å². The average molecular weight is 410 g/mol. The van der Waals surface area contributed by atoms with Crippen molar-refractivity contribution >= 4 is 35.1 Å². The highest BCUT2D eigenvalue weighted by Gasteiger charge is 2.16. The Morgan fingerprint density at radius 3 is 2.72 bits per heavy atom. The van der Waals surface area contributed by atoms with Gasteiger partial charge in [0.1, 0.15) is 5.70 Å². The molecule has 2 N–H and O–H groups in total. The number of carboxylic acid groups (broad SMARTS) is 1. The maximum atomic E-state index is 11.3. The smallest absolute Gasteiger partial charge is 0.356 e. The minimum absolute atomic E-state index is 0.0291. The first kappa shape index (κ1) is 20.3. The van der Waals surface area contributed by atoms with Crippen LogP contribution in [0.25, 0.3) is 11.3 Å². The summed E-state index contributed by atoms with van der Waals surface area (Å²) in [5.74, 6) is -0.722. The van der Waals surface area contributed by atoms with Gasteiger partial charge in [-0.3, -0.25) is 9.67 Å². The first-order chi connectivity index (χ1) is 13.9. The van der Waals surface area contributed by atoms with Crippen LogP contribution in [-0.2, 0) is 6.54 Å². The molecule has 7 nitrogen and oxygen atoms in total. The Morgan fingerprint density at radius 1 is 1.38 bits per heavy atom. The number of carboxylic acids is 1. The van der Waals surface area contributed by atoms with Crippen LogP contribution < -0.4 is 0 Å². The van der Waals surface area contributed by atoms with Gasteiger partial charge in [0.05, 0.1) is 12.7 Å². The minimum atomic E-state index is -1.09. The first-order valence-corrected chi connectivity index (χ1v) is 9.22. The Labute approximate surface area is 173 Å². The van der Waals surface area contributed by atoms with E-state index in [0.29, 0.717) is 34.4 Å². The van der Waals surface area contributed by atoms with E-state index in [9.17, 15) is 9.90 Å². The van der Waals surface area contributed by atoms with Crippen molar-refractivity contribution in [1.29, 1.82) is 0 Å². The number of hydrogen-bond acceptors (Lipinski definition) is 4. The third-order valence-electron chi connectivity index (χ3n) is 4.17. The number of aromatic carboxylic acids is 1. The number of rotatable bonds is 7. The van der Waals surface area contributed by atoms with Crippen LogP contribution in [-0.4, -0.2) is 37.0 Å². The Balaban J connectivity index is 1.83. The van der Waals surface area contributed by atoms with E-state index in [2.05, 4.69) is 26.6 Å². The van der Waals surface area contributed by atoms with Crippen molar-refractivity contribution in [3.63, 3.8) is 0 Å². The molecule has 3 aromatic rings. The van der Waals surface area contributed by atoms with Gasteiger partial charge < -0.3 is 10.1 Å². The number of benzene rings is 1.